The molecule has 0 bridgehead atoms. The van der Waals surface area contributed by atoms with E-state index in [2.05, 4.69) is 5.32 Å². The van der Waals surface area contributed by atoms with Gasteiger partial charge in [0.05, 0.1) is 22.5 Å². The van der Waals surface area contributed by atoms with E-state index in [0.29, 0.717) is 0 Å². The largest absolute Gasteiger partial charge is 0.384 e. The van der Waals surface area contributed by atoms with Crippen molar-refractivity contribution in [2.24, 2.45) is 0 Å². The molecule has 1 aromatic heterocycles. The Morgan fingerprint density at radius 1 is 1.21 bits per heavy atom. The molecule has 0 unspecified atom stereocenters. The molecule has 0 saturated heterocycles. The first-order chi connectivity index (χ1) is 11.3. The van der Waals surface area contributed by atoms with Gasteiger partial charge in [-0.2, -0.15) is 0 Å². The van der Waals surface area contributed by atoms with Crippen molar-refractivity contribution in [3.8, 4) is 5.69 Å². The van der Waals surface area contributed by atoms with E-state index in [1.54, 1.807) is 0 Å². The van der Waals surface area contributed by atoms with Crippen molar-refractivity contribution in [2.45, 2.75) is 6.92 Å². The Kier molecular flexibility index (Phi) is 3.40. The second kappa shape index (κ2) is 5.30. The molecule has 8 nitrogen and oxygen atoms in total. The molecule has 0 spiro atoms. The maximum absolute atomic E-state index is 13.7. The van der Waals surface area contributed by atoms with Gasteiger partial charge in [0.25, 0.3) is 17.4 Å². The van der Waals surface area contributed by atoms with Gasteiger partial charge in [-0.3, -0.25) is 29.1 Å². The molecule has 0 fully saturated rings. The molecule has 0 radical (unpaired) electrons. The number of halogens is 1. The van der Waals surface area contributed by atoms with Gasteiger partial charge in [-0.15, -0.1) is 0 Å². The highest BCUT2D eigenvalue weighted by Gasteiger charge is 2.31. The van der Waals surface area contributed by atoms with Crippen LogP contribution in [0.15, 0.2) is 29.1 Å². The van der Waals surface area contributed by atoms with Crippen molar-refractivity contribution in [1.82, 2.24) is 9.88 Å². The monoisotopic (exact) mass is 330 g/mol. The Morgan fingerprint density at radius 2 is 1.92 bits per heavy atom. The van der Waals surface area contributed by atoms with Gasteiger partial charge in [0, 0.05) is 13.0 Å². The summed E-state index contributed by atoms with van der Waals surface area (Å²) in [6.45, 7) is 1.21. The van der Waals surface area contributed by atoms with Crippen molar-refractivity contribution >= 4 is 29.2 Å². The number of nitrogens with zero attached hydrogens (tertiary/aromatic N) is 1. The first-order valence-electron chi connectivity index (χ1n) is 6.78. The Morgan fingerprint density at radius 3 is 2.58 bits per heavy atom. The van der Waals surface area contributed by atoms with Crippen LogP contribution in [0.1, 0.15) is 27.6 Å². The zero-order chi connectivity index (χ0) is 17.6. The van der Waals surface area contributed by atoms with E-state index in [0.717, 1.165) is 16.7 Å². The fourth-order valence-corrected chi connectivity index (χ4v) is 2.48. The van der Waals surface area contributed by atoms with Crippen LogP contribution in [-0.2, 0) is 4.79 Å². The highest BCUT2D eigenvalue weighted by molar-refractivity contribution is 6.23. The molecular weight excluding hydrogens is 319 g/mol. The van der Waals surface area contributed by atoms with Gasteiger partial charge in [0.2, 0.25) is 5.91 Å². The molecule has 0 aliphatic carbocycles. The first-order valence-corrected chi connectivity index (χ1v) is 6.78. The SMILES string of the molecule is CC(=O)Nc1cc(-n2c(N)c3c(cc2=O)C(=O)NC3=O)ccc1F. The van der Waals surface area contributed by atoms with E-state index in [1.807, 2.05) is 5.32 Å². The highest BCUT2D eigenvalue weighted by atomic mass is 19.1. The number of nitrogen functional groups attached to an aromatic ring is 1. The number of hydrogen-bond acceptors (Lipinski definition) is 5. The number of carbonyl (C=O) groups excluding carboxylic acids is 3. The van der Waals surface area contributed by atoms with Crippen molar-refractivity contribution in [3.63, 3.8) is 0 Å². The average molecular weight is 330 g/mol. The van der Waals surface area contributed by atoms with Gasteiger partial charge in [-0.05, 0) is 18.2 Å². The van der Waals surface area contributed by atoms with Crippen LogP contribution in [0.2, 0.25) is 0 Å². The maximum Gasteiger partial charge on any atom is 0.262 e. The summed E-state index contributed by atoms with van der Waals surface area (Å²) in [6.07, 6.45) is 0. The number of nitrogens with one attached hydrogen (secondary N) is 2. The molecule has 1 aliphatic rings. The number of carbonyl (C=O) groups is 3. The lowest BCUT2D eigenvalue weighted by molar-refractivity contribution is -0.114. The van der Waals surface area contributed by atoms with Crippen LogP contribution in [0.3, 0.4) is 0 Å². The molecule has 2 aromatic rings. The van der Waals surface area contributed by atoms with Gasteiger partial charge in [0.1, 0.15) is 11.6 Å². The summed E-state index contributed by atoms with van der Waals surface area (Å²) in [5.41, 5.74) is 4.97. The van der Waals surface area contributed by atoms with Crippen molar-refractivity contribution in [3.05, 3.63) is 51.6 Å². The van der Waals surface area contributed by atoms with E-state index < -0.39 is 29.1 Å². The lowest BCUT2D eigenvalue weighted by Crippen LogP contribution is -2.24. The van der Waals surface area contributed by atoms with E-state index in [9.17, 15) is 23.6 Å². The topological polar surface area (TPSA) is 123 Å². The number of anilines is 2. The predicted molar refractivity (Wildman–Crippen MR) is 82.5 cm³/mol. The van der Waals surface area contributed by atoms with Crippen LogP contribution in [0.25, 0.3) is 5.69 Å². The number of rotatable bonds is 2. The minimum atomic E-state index is -0.717. The lowest BCUT2D eigenvalue weighted by atomic mass is 10.1. The van der Waals surface area contributed by atoms with Crippen molar-refractivity contribution < 1.29 is 18.8 Å². The summed E-state index contributed by atoms with van der Waals surface area (Å²) in [5.74, 6) is -2.87. The molecule has 4 N–H and O–H groups in total. The second-order valence-corrected chi connectivity index (χ2v) is 5.12. The fourth-order valence-electron chi connectivity index (χ4n) is 2.48. The highest BCUT2D eigenvalue weighted by Crippen LogP contribution is 2.25. The molecule has 2 heterocycles. The van der Waals surface area contributed by atoms with E-state index in [4.69, 9.17) is 5.73 Å². The van der Waals surface area contributed by atoms with Crippen molar-refractivity contribution in [2.75, 3.05) is 11.1 Å². The number of amides is 3. The van der Waals surface area contributed by atoms with Crippen LogP contribution in [0.4, 0.5) is 15.9 Å². The van der Waals surface area contributed by atoms with Gasteiger partial charge in [-0.25, -0.2) is 4.39 Å². The zero-order valence-electron chi connectivity index (χ0n) is 12.3. The van der Waals surface area contributed by atoms with Crippen molar-refractivity contribution in [1.29, 1.82) is 0 Å². The fraction of sp³-hybridized carbons (Fsp3) is 0.0667. The smallest absolute Gasteiger partial charge is 0.262 e. The Hall–Kier alpha value is -3.49. The quantitative estimate of drug-likeness (QED) is 0.688. The minimum absolute atomic E-state index is 0.108. The molecule has 1 aliphatic heterocycles. The van der Waals surface area contributed by atoms with E-state index >= 15 is 0 Å². The molecule has 3 rings (SSSR count). The summed E-state index contributed by atoms with van der Waals surface area (Å²) >= 11 is 0. The van der Waals surface area contributed by atoms with Crippen LogP contribution < -0.4 is 21.9 Å². The predicted octanol–water partition coefficient (Wildman–Crippen LogP) is 0.401. The third-order valence-corrected chi connectivity index (χ3v) is 3.47. The zero-order valence-corrected chi connectivity index (χ0v) is 12.3. The lowest BCUT2D eigenvalue weighted by Gasteiger charge is -2.13. The van der Waals surface area contributed by atoms with Crippen LogP contribution in [-0.4, -0.2) is 22.3 Å². The van der Waals surface area contributed by atoms with Gasteiger partial charge in [-0.1, -0.05) is 0 Å². The minimum Gasteiger partial charge on any atom is -0.384 e. The van der Waals surface area contributed by atoms with Gasteiger partial charge in [0.15, 0.2) is 0 Å². The first kappa shape index (κ1) is 15.4. The number of pyridine rings is 1. The van der Waals surface area contributed by atoms with Gasteiger partial charge < -0.3 is 11.1 Å². The van der Waals surface area contributed by atoms with Crippen LogP contribution >= 0.6 is 0 Å². The molecule has 122 valence electrons. The molecule has 24 heavy (non-hydrogen) atoms. The number of imide groups is 1. The van der Waals surface area contributed by atoms with Gasteiger partial charge >= 0.3 is 0 Å². The molecular formula is C15H11FN4O4. The Labute approximate surface area is 134 Å². The number of fused-ring (bicyclic) bond motifs is 1. The summed E-state index contributed by atoms with van der Waals surface area (Å²) in [5, 5.41) is 4.34. The standard InChI is InChI=1S/C15H11FN4O4/c1-6(21)18-10-4-7(2-3-9(10)16)20-11(22)5-8-12(13(20)17)15(24)19-14(8)23/h2-5H,17H2,1H3,(H,18,21)(H,19,23,24). The molecule has 1 aromatic carbocycles. The summed E-state index contributed by atoms with van der Waals surface area (Å²) in [4.78, 5) is 46.8. The molecule has 3 amide bonds. The summed E-state index contributed by atoms with van der Waals surface area (Å²) in [6, 6.07) is 4.49. The van der Waals surface area contributed by atoms with Crippen LogP contribution in [0.5, 0.6) is 0 Å². The van der Waals surface area contributed by atoms with Crippen LogP contribution in [0, 0.1) is 5.82 Å². The normalized spacial score (nSPS) is 12.8. The number of nitrogens with two attached hydrogens (primary N) is 1. The molecule has 0 atom stereocenters. The summed E-state index contributed by atoms with van der Waals surface area (Å²) in [7, 11) is 0. The van der Waals surface area contributed by atoms with E-state index in [-0.39, 0.29) is 28.3 Å². The number of hydrogen-bond donors (Lipinski definition) is 3. The Bertz CT molecular complexity index is 980. The number of benzene rings is 1. The summed E-state index contributed by atoms with van der Waals surface area (Å²) < 4.78 is 14.7. The second-order valence-electron chi connectivity index (χ2n) is 5.12. The number of aromatic nitrogens is 1. The maximum atomic E-state index is 13.7. The average Bonchev–Trinajstić information content (AvgIpc) is 2.76. The third-order valence-electron chi connectivity index (χ3n) is 3.47. The molecule has 9 heteroatoms. The Balaban J connectivity index is 2.23. The molecule has 0 saturated carbocycles. The van der Waals surface area contributed by atoms with E-state index in [1.165, 1.54) is 19.1 Å². The third kappa shape index (κ3) is 2.32.